The lowest BCUT2D eigenvalue weighted by Crippen LogP contribution is -2.11. The molecule has 2 N–H and O–H groups in total. The summed E-state index contributed by atoms with van der Waals surface area (Å²) in [6.07, 6.45) is 2.52. The molecule has 0 aliphatic heterocycles. The van der Waals surface area contributed by atoms with Gasteiger partial charge in [-0.15, -0.1) is 0 Å². The summed E-state index contributed by atoms with van der Waals surface area (Å²) < 4.78 is 1.65. The van der Waals surface area contributed by atoms with E-state index < -0.39 is 0 Å². The third kappa shape index (κ3) is 1.46. The Morgan fingerprint density at radius 3 is 3.07 bits per heavy atom. The molecule has 2 heterocycles. The van der Waals surface area contributed by atoms with Crippen LogP contribution in [0.4, 0.5) is 0 Å². The van der Waals surface area contributed by atoms with Crippen LogP contribution in [0, 0.1) is 6.92 Å². The third-order valence-electron chi connectivity index (χ3n) is 2.18. The van der Waals surface area contributed by atoms with Gasteiger partial charge in [0.25, 0.3) is 0 Å². The Morgan fingerprint density at radius 2 is 2.36 bits per heavy atom. The maximum Gasteiger partial charge on any atom is 0.159 e. The minimum atomic E-state index is -0.0167. The molecule has 0 saturated heterocycles. The van der Waals surface area contributed by atoms with Crippen LogP contribution >= 0.6 is 0 Å². The van der Waals surface area contributed by atoms with Gasteiger partial charge in [0.05, 0.1) is 5.69 Å². The molecule has 0 radical (unpaired) electrons. The Morgan fingerprint density at radius 1 is 1.57 bits per heavy atom. The summed E-state index contributed by atoms with van der Waals surface area (Å²) in [5.41, 5.74) is 7.54. The van der Waals surface area contributed by atoms with E-state index in [-0.39, 0.29) is 6.04 Å². The zero-order valence-electron chi connectivity index (χ0n) is 8.31. The van der Waals surface area contributed by atoms with Gasteiger partial charge in [-0.1, -0.05) is 6.92 Å². The molecular weight excluding hydrogens is 178 g/mol. The van der Waals surface area contributed by atoms with E-state index in [0.29, 0.717) is 0 Å². The first-order valence-corrected chi connectivity index (χ1v) is 4.65. The largest absolute Gasteiger partial charge is 0.323 e. The Hall–Kier alpha value is -1.49. The van der Waals surface area contributed by atoms with Crippen LogP contribution in [0.5, 0.6) is 0 Å². The van der Waals surface area contributed by atoms with Crippen LogP contribution in [-0.4, -0.2) is 19.6 Å². The molecule has 5 heteroatoms. The van der Waals surface area contributed by atoms with Gasteiger partial charge < -0.3 is 5.73 Å². The number of rotatable bonds is 2. The van der Waals surface area contributed by atoms with Crippen molar-refractivity contribution < 1.29 is 0 Å². The minimum Gasteiger partial charge on any atom is -0.323 e. The smallest absolute Gasteiger partial charge is 0.159 e. The van der Waals surface area contributed by atoms with Crippen molar-refractivity contribution in [2.45, 2.75) is 26.3 Å². The average molecular weight is 191 g/mol. The predicted molar refractivity (Wildman–Crippen MR) is 52.7 cm³/mol. The van der Waals surface area contributed by atoms with Gasteiger partial charge in [0.15, 0.2) is 5.65 Å². The van der Waals surface area contributed by atoms with Crippen molar-refractivity contribution >= 4 is 5.65 Å². The second-order valence-electron chi connectivity index (χ2n) is 3.29. The highest BCUT2D eigenvalue weighted by atomic mass is 15.3. The van der Waals surface area contributed by atoms with Crippen LogP contribution in [0.15, 0.2) is 12.4 Å². The summed E-state index contributed by atoms with van der Waals surface area (Å²) in [4.78, 5) is 8.47. The second-order valence-corrected chi connectivity index (χ2v) is 3.29. The van der Waals surface area contributed by atoms with E-state index in [0.717, 1.165) is 23.6 Å². The fraction of sp³-hybridized carbons (Fsp3) is 0.444. The maximum atomic E-state index is 5.87. The predicted octanol–water partition coefficient (Wildman–Crippen LogP) is 0.843. The van der Waals surface area contributed by atoms with Crippen molar-refractivity contribution in [3.63, 3.8) is 0 Å². The molecule has 0 aliphatic carbocycles. The van der Waals surface area contributed by atoms with Crippen LogP contribution in [0.3, 0.4) is 0 Å². The topological polar surface area (TPSA) is 69.1 Å². The van der Waals surface area contributed by atoms with Crippen molar-refractivity contribution in [3.8, 4) is 0 Å². The molecule has 2 aromatic rings. The molecule has 0 aliphatic rings. The van der Waals surface area contributed by atoms with E-state index >= 15 is 0 Å². The summed E-state index contributed by atoms with van der Waals surface area (Å²) in [6.45, 7) is 3.89. The number of hydrogen-bond acceptors (Lipinski definition) is 4. The van der Waals surface area contributed by atoms with Gasteiger partial charge in [-0.25, -0.2) is 14.5 Å². The summed E-state index contributed by atoms with van der Waals surface area (Å²) in [5, 5.41) is 4.14. The third-order valence-corrected chi connectivity index (χ3v) is 2.18. The van der Waals surface area contributed by atoms with Crippen LogP contribution in [0.2, 0.25) is 0 Å². The molecule has 0 aromatic carbocycles. The van der Waals surface area contributed by atoms with Gasteiger partial charge in [0, 0.05) is 12.1 Å². The first-order chi connectivity index (χ1) is 6.70. The molecule has 2 aromatic heterocycles. The van der Waals surface area contributed by atoms with Gasteiger partial charge in [0.1, 0.15) is 12.2 Å². The van der Waals surface area contributed by atoms with Gasteiger partial charge in [0.2, 0.25) is 0 Å². The molecule has 74 valence electrons. The molecular formula is C9H13N5. The summed E-state index contributed by atoms with van der Waals surface area (Å²) >= 11 is 0. The zero-order chi connectivity index (χ0) is 10.1. The van der Waals surface area contributed by atoms with E-state index in [4.69, 9.17) is 5.73 Å². The lowest BCUT2D eigenvalue weighted by Gasteiger charge is -2.06. The number of aryl methyl sites for hydroxylation is 1. The van der Waals surface area contributed by atoms with Gasteiger partial charge in [-0.3, -0.25) is 0 Å². The standard InChI is InChI=1S/C9H13N5/c1-3-7(10)8-4-9-12-6(2)13-14(9)5-11-8/h4-5,7H,3,10H2,1-2H3. The number of nitrogens with zero attached hydrogens (tertiary/aromatic N) is 4. The summed E-state index contributed by atoms with van der Waals surface area (Å²) in [7, 11) is 0. The van der Waals surface area contributed by atoms with Crippen molar-refractivity contribution in [2.75, 3.05) is 0 Å². The Labute approximate surface area is 82.0 Å². The SMILES string of the molecule is CCC(N)c1cc2nc(C)nn2cn1. The highest BCUT2D eigenvalue weighted by molar-refractivity contribution is 5.38. The van der Waals surface area contributed by atoms with E-state index in [9.17, 15) is 0 Å². The molecule has 14 heavy (non-hydrogen) atoms. The molecule has 1 atom stereocenters. The molecule has 0 fully saturated rings. The van der Waals surface area contributed by atoms with E-state index in [1.807, 2.05) is 19.9 Å². The van der Waals surface area contributed by atoms with E-state index in [2.05, 4.69) is 15.1 Å². The highest BCUT2D eigenvalue weighted by Gasteiger charge is 2.07. The summed E-state index contributed by atoms with van der Waals surface area (Å²) in [5.74, 6) is 0.744. The highest BCUT2D eigenvalue weighted by Crippen LogP contribution is 2.11. The molecule has 0 bridgehead atoms. The maximum absolute atomic E-state index is 5.87. The van der Waals surface area contributed by atoms with Gasteiger partial charge in [-0.2, -0.15) is 5.10 Å². The molecule has 0 amide bonds. The van der Waals surface area contributed by atoms with Crippen molar-refractivity contribution in [2.24, 2.45) is 5.73 Å². The van der Waals surface area contributed by atoms with Crippen LogP contribution in [-0.2, 0) is 0 Å². The van der Waals surface area contributed by atoms with Crippen LogP contribution < -0.4 is 5.73 Å². The number of aromatic nitrogens is 4. The normalized spacial score (nSPS) is 13.4. The fourth-order valence-electron chi connectivity index (χ4n) is 1.33. The van der Waals surface area contributed by atoms with E-state index in [1.54, 1.807) is 10.8 Å². The first-order valence-electron chi connectivity index (χ1n) is 4.65. The zero-order valence-corrected chi connectivity index (χ0v) is 8.31. The Kier molecular flexibility index (Phi) is 2.17. The number of nitrogens with two attached hydrogens (primary N) is 1. The molecule has 0 spiro atoms. The quantitative estimate of drug-likeness (QED) is 0.763. The van der Waals surface area contributed by atoms with Crippen molar-refractivity contribution in [1.82, 2.24) is 19.6 Å². The minimum absolute atomic E-state index is 0.0167. The Balaban J connectivity index is 2.50. The lowest BCUT2D eigenvalue weighted by atomic mass is 10.2. The Bertz CT molecular complexity index is 447. The monoisotopic (exact) mass is 191 g/mol. The van der Waals surface area contributed by atoms with Crippen molar-refractivity contribution in [3.05, 3.63) is 23.9 Å². The number of hydrogen-bond donors (Lipinski definition) is 1. The second kappa shape index (κ2) is 3.34. The molecule has 5 nitrogen and oxygen atoms in total. The molecule has 2 rings (SSSR count). The van der Waals surface area contributed by atoms with Crippen LogP contribution in [0.1, 0.15) is 30.9 Å². The summed E-state index contributed by atoms with van der Waals surface area (Å²) in [6, 6.07) is 1.87. The average Bonchev–Trinajstić information content (AvgIpc) is 2.55. The van der Waals surface area contributed by atoms with E-state index in [1.165, 1.54) is 0 Å². The van der Waals surface area contributed by atoms with Gasteiger partial charge in [-0.05, 0) is 13.3 Å². The lowest BCUT2D eigenvalue weighted by molar-refractivity contribution is 0.669. The van der Waals surface area contributed by atoms with Crippen LogP contribution in [0.25, 0.3) is 5.65 Å². The molecule has 0 saturated carbocycles. The van der Waals surface area contributed by atoms with Crippen molar-refractivity contribution in [1.29, 1.82) is 0 Å². The molecule has 1 unspecified atom stereocenters. The van der Waals surface area contributed by atoms with Gasteiger partial charge >= 0.3 is 0 Å². The first kappa shape index (κ1) is 9.08. The fourth-order valence-corrected chi connectivity index (χ4v) is 1.33. The number of fused-ring (bicyclic) bond motifs is 1.